The van der Waals surface area contributed by atoms with E-state index >= 15 is 0 Å². The van der Waals surface area contributed by atoms with E-state index < -0.39 is 23.7 Å². The summed E-state index contributed by atoms with van der Waals surface area (Å²) in [6.07, 6.45) is -3.05. The van der Waals surface area contributed by atoms with Crippen molar-refractivity contribution in [3.63, 3.8) is 0 Å². The van der Waals surface area contributed by atoms with Crippen molar-refractivity contribution >= 4 is 11.8 Å². The van der Waals surface area contributed by atoms with E-state index in [1.165, 1.54) is 17.0 Å². The third kappa shape index (κ3) is 3.56. The zero-order valence-electron chi connectivity index (χ0n) is 14.5. The van der Waals surface area contributed by atoms with Crippen LogP contribution in [0.5, 0.6) is 0 Å². The molecule has 5 nitrogen and oxygen atoms in total. The Bertz CT molecular complexity index is 690. The zero-order chi connectivity index (χ0) is 19.1. The molecule has 2 saturated heterocycles. The summed E-state index contributed by atoms with van der Waals surface area (Å²) < 4.78 is 38.4. The van der Waals surface area contributed by atoms with Gasteiger partial charge in [-0.2, -0.15) is 13.2 Å². The van der Waals surface area contributed by atoms with Crippen LogP contribution in [0, 0.1) is 5.92 Å². The van der Waals surface area contributed by atoms with Crippen molar-refractivity contribution in [3.05, 3.63) is 35.4 Å². The molecule has 3 rings (SSSR count). The highest BCUT2D eigenvalue weighted by atomic mass is 19.4. The standard InChI is InChI=1S/C18H22F3N3O2/c1-23-15(25)7-6-14(17(26)24-9-8-13(22)10-24)16(23)11-2-4-12(5-3-11)18(19,20)21/h2-5,13-14,16H,6-10,22H2,1H3/t13-,14+,16-/m1/s1. The fraction of sp³-hybridized carbons (Fsp3) is 0.556. The van der Waals surface area contributed by atoms with Gasteiger partial charge in [-0.15, -0.1) is 0 Å². The van der Waals surface area contributed by atoms with E-state index in [1.54, 1.807) is 11.9 Å². The molecule has 26 heavy (non-hydrogen) atoms. The highest BCUT2D eigenvalue weighted by molar-refractivity contribution is 5.85. The van der Waals surface area contributed by atoms with E-state index in [-0.39, 0.29) is 24.3 Å². The van der Waals surface area contributed by atoms with Crippen molar-refractivity contribution in [2.24, 2.45) is 11.7 Å². The molecule has 2 N–H and O–H groups in total. The number of nitrogens with zero attached hydrogens (tertiary/aromatic N) is 2. The lowest BCUT2D eigenvalue weighted by Crippen LogP contribution is -2.47. The minimum absolute atomic E-state index is 0.0496. The van der Waals surface area contributed by atoms with Gasteiger partial charge in [0, 0.05) is 32.6 Å². The Morgan fingerprint density at radius 3 is 2.38 bits per heavy atom. The summed E-state index contributed by atoms with van der Waals surface area (Å²) in [6, 6.07) is 4.09. The molecule has 0 aliphatic carbocycles. The van der Waals surface area contributed by atoms with Gasteiger partial charge in [0.25, 0.3) is 0 Å². The zero-order valence-corrected chi connectivity index (χ0v) is 14.5. The number of piperidine rings is 1. The summed E-state index contributed by atoms with van der Waals surface area (Å²) in [4.78, 5) is 28.3. The summed E-state index contributed by atoms with van der Waals surface area (Å²) in [7, 11) is 1.60. The molecular weight excluding hydrogens is 347 g/mol. The molecule has 8 heteroatoms. The quantitative estimate of drug-likeness (QED) is 0.869. The van der Waals surface area contributed by atoms with Gasteiger partial charge in [-0.05, 0) is 30.5 Å². The maximum atomic E-state index is 13.0. The summed E-state index contributed by atoms with van der Waals surface area (Å²) in [5, 5.41) is 0. The molecule has 2 fully saturated rings. The number of carbonyl (C=O) groups excluding carboxylic acids is 2. The molecule has 2 amide bonds. The number of hydrogen-bond acceptors (Lipinski definition) is 3. The lowest BCUT2D eigenvalue weighted by Gasteiger charge is -2.40. The average Bonchev–Trinajstić information content (AvgIpc) is 3.02. The van der Waals surface area contributed by atoms with Gasteiger partial charge in [0.05, 0.1) is 17.5 Å². The Balaban J connectivity index is 1.88. The summed E-state index contributed by atoms with van der Waals surface area (Å²) in [5.74, 6) is -0.668. The van der Waals surface area contributed by atoms with Crippen LogP contribution in [0.1, 0.15) is 36.4 Å². The van der Waals surface area contributed by atoms with E-state index in [9.17, 15) is 22.8 Å². The maximum Gasteiger partial charge on any atom is 0.416 e. The number of benzene rings is 1. The number of rotatable bonds is 2. The van der Waals surface area contributed by atoms with Gasteiger partial charge in [-0.3, -0.25) is 9.59 Å². The van der Waals surface area contributed by atoms with E-state index in [1.807, 2.05) is 0 Å². The second-order valence-corrected chi connectivity index (χ2v) is 7.05. The van der Waals surface area contributed by atoms with E-state index in [0.717, 1.165) is 18.6 Å². The molecule has 0 unspecified atom stereocenters. The molecule has 2 aliphatic rings. The van der Waals surface area contributed by atoms with E-state index in [4.69, 9.17) is 5.73 Å². The van der Waals surface area contributed by atoms with Crippen molar-refractivity contribution in [1.29, 1.82) is 0 Å². The minimum Gasteiger partial charge on any atom is -0.341 e. The topological polar surface area (TPSA) is 66.6 Å². The van der Waals surface area contributed by atoms with Crippen molar-refractivity contribution < 1.29 is 22.8 Å². The highest BCUT2D eigenvalue weighted by Gasteiger charge is 2.42. The van der Waals surface area contributed by atoms with Crippen LogP contribution >= 0.6 is 0 Å². The third-order valence-electron chi connectivity index (χ3n) is 5.29. The van der Waals surface area contributed by atoms with E-state index in [2.05, 4.69) is 0 Å². The van der Waals surface area contributed by atoms with Gasteiger partial charge in [-0.1, -0.05) is 12.1 Å². The predicted octanol–water partition coefficient (Wildman–Crippen LogP) is 2.17. The first-order chi connectivity index (χ1) is 12.2. The van der Waals surface area contributed by atoms with Crippen molar-refractivity contribution in [2.45, 2.75) is 37.5 Å². The number of alkyl halides is 3. The first kappa shape index (κ1) is 18.7. The first-order valence-corrected chi connectivity index (χ1v) is 8.65. The summed E-state index contributed by atoms with van der Waals surface area (Å²) >= 11 is 0. The van der Waals surface area contributed by atoms with Crippen molar-refractivity contribution in [1.82, 2.24) is 9.80 Å². The number of halogens is 3. The first-order valence-electron chi connectivity index (χ1n) is 8.65. The lowest BCUT2D eigenvalue weighted by molar-refractivity contribution is -0.146. The SMILES string of the molecule is CN1C(=O)CC[C@H](C(=O)N2CC[C@@H](N)C2)[C@H]1c1ccc(C(F)(F)F)cc1. The molecule has 0 spiro atoms. The Kier molecular flexibility index (Phi) is 4.96. The Hall–Kier alpha value is -2.09. The Morgan fingerprint density at radius 1 is 1.19 bits per heavy atom. The monoisotopic (exact) mass is 369 g/mol. The largest absolute Gasteiger partial charge is 0.416 e. The van der Waals surface area contributed by atoms with Crippen LogP contribution in [0.15, 0.2) is 24.3 Å². The number of likely N-dealkylation sites (tertiary alicyclic amines) is 2. The second kappa shape index (κ2) is 6.90. The van der Waals surface area contributed by atoms with Crippen LogP contribution in [0.4, 0.5) is 13.2 Å². The Labute approximate surface area is 149 Å². The molecular formula is C18H22F3N3O2. The molecule has 0 aromatic heterocycles. The molecule has 142 valence electrons. The number of amides is 2. The molecule has 0 saturated carbocycles. The predicted molar refractivity (Wildman–Crippen MR) is 88.9 cm³/mol. The third-order valence-corrected chi connectivity index (χ3v) is 5.29. The van der Waals surface area contributed by atoms with Gasteiger partial charge in [0.1, 0.15) is 0 Å². The van der Waals surface area contributed by atoms with Gasteiger partial charge in [0.15, 0.2) is 0 Å². The van der Waals surface area contributed by atoms with Gasteiger partial charge in [0.2, 0.25) is 11.8 Å². The Morgan fingerprint density at radius 2 is 1.85 bits per heavy atom. The van der Waals surface area contributed by atoms with E-state index in [0.29, 0.717) is 25.1 Å². The van der Waals surface area contributed by atoms with Crippen LogP contribution in [0.3, 0.4) is 0 Å². The van der Waals surface area contributed by atoms with Gasteiger partial charge < -0.3 is 15.5 Å². The molecule has 0 radical (unpaired) electrons. The number of hydrogen-bond donors (Lipinski definition) is 1. The van der Waals surface area contributed by atoms with Crippen LogP contribution in [-0.4, -0.2) is 47.8 Å². The summed E-state index contributed by atoms with van der Waals surface area (Å²) in [5.41, 5.74) is 5.67. The number of nitrogens with two attached hydrogens (primary N) is 1. The fourth-order valence-electron chi connectivity index (χ4n) is 3.84. The molecule has 0 bridgehead atoms. The molecule has 1 aromatic rings. The van der Waals surface area contributed by atoms with Crippen LogP contribution in [0.25, 0.3) is 0 Å². The van der Waals surface area contributed by atoms with Crippen LogP contribution in [0.2, 0.25) is 0 Å². The van der Waals surface area contributed by atoms with Gasteiger partial charge in [-0.25, -0.2) is 0 Å². The number of carbonyl (C=O) groups is 2. The fourth-order valence-corrected chi connectivity index (χ4v) is 3.84. The van der Waals surface area contributed by atoms with Crippen molar-refractivity contribution in [3.8, 4) is 0 Å². The molecule has 2 aliphatic heterocycles. The summed E-state index contributed by atoms with van der Waals surface area (Å²) in [6.45, 7) is 1.06. The average molecular weight is 369 g/mol. The molecule has 1 aromatic carbocycles. The normalized spacial score (nSPS) is 27.1. The van der Waals surface area contributed by atoms with Crippen LogP contribution < -0.4 is 5.73 Å². The van der Waals surface area contributed by atoms with Gasteiger partial charge >= 0.3 is 6.18 Å². The van der Waals surface area contributed by atoms with Crippen LogP contribution in [-0.2, 0) is 15.8 Å². The van der Waals surface area contributed by atoms with Crippen molar-refractivity contribution in [2.75, 3.05) is 20.1 Å². The molecule has 3 atom stereocenters. The second-order valence-electron chi connectivity index (χ2n) is 7.05. The minimum atomic E-state index is -4.42. The lowest BCUT2D eigenvalue weighted by atomic mass is 9.83. The maximum absolute atomic E-state index is 13.0. The highest BCUT2D eigenvalue weighted by Crippen LogP contribution is 2.38. The molecule has 2 heterocycles. The smallest absolute Gasteiger partial charge is 0.341 e.